The molecule has 0 saturated carbocycles. The van der Waals surface area contributed by atoms with E-state index in [0.29, 0.717) is 18.0 Å². The number of carbonyl (C=O) groups is 1. The normalized spacial score (nSPS) is 11.0. The van der Waals surface area contributed by atoms with Crippen LogP contribution in [-0.2, 0) is 6.54 Å². The molecule has 3 aromatic carbocycles. The van der Waals surface area contributed by atoms with E-state index in [2.05, 4.69) is 64.2 Å². The number of benzene rings is 3. The molecule has 5 nitrogen and oxygen atoms in total. The number of nitrogens with one attached hydrogen (secondary N) is 2. The maximum absolute atomic E-state index is 11.2. The number of nitrogens with zero attached hydrogens (tertiary/aromatic N) is 1. The van der Waals surface area contributed by atoms with Gasteiger partial charge in [-0.25, -0.2) is 0 Å². The van der Waals surface area contributed by atoms with Crippen molar-refractivity contribution in [2.24, 2.45) is 10.7 Å². The number of amides is 1. The Kier molecular flexibility index (Phi) is 10.0. The molecule has 1 amide bonds. The van der Waals surface area contributed by atoms with Crippen molar-refractivity contribution in [2.45, 2.75) is 18.9 Å². The van der Waals surface area contributed by atoms with Gasteiger partial charge < -0.3 is 16.4 Å². The maximum atomic E-state index is 11.2. The van der Waals surface area contributed by atoms with Gasteiger partial charge in [-0.1, -0.05) is 72.8 Å². The zero-order valence-electron chi connectivity index (χ0n) is 17.6. The zero-order chi connectivity index (χ0) is 21.2. The molecule has 0 radical (unpaired) electrons. The summed E-state index contributed by atoms with van der Waals surface area (Å²) >= 11 is 0. The first-order valence-electron chi connectivity index (χ1n) is 10.1. The van der Waals surface area contributed by atoms with E-state index in [1.54, 1.807) is 19.2 Å². The number of primary amides is 1. The number of hydrogen-bond donors (Lipinski definition) is 3. The van der Waals surface area contributed by atoms with Crippen molar-refractivity contribution in [1.29, 1.82) is 0 Å². The summed E-state index contributed by atoms with van der Waals surface area (Å²) < 4.78 is 0. The lowest BCUT2D eigenvalue weighted by atomic mass is 9.88. The highest BCUT2D eigenvalue weighted by Crippen LogP contribution is 2.27. The molecular formula is C25H29IN4O. The van der Waals surface area contributed by atoms with E-state index in [1.165, 1.54) is 11.1 Å². The second-order valence-corrected chi connectivity index (χ2v) is 7.08. The van der Waals surface area contributed by atoms with Gasteiger partial charge in [-0.2, -0.15) is 0 Å². The van der Waals surface area contributed by atoms with Crippen LogP contribution in [0.2, 0.25) is 0 Å². The van der Waals surface area contributed by atoms with E-state index >= 15 is 0 Å². The highest BCUT2D eigenvalue weighted by atomic mass is 127. The highest BCUT2D eigenvalue weighted by Gasteiger charge is 2.13. The first-order valence-corrected chi connectivity index (χ1v) is 10.1. The first-order chi connectivity index (χ1) is 14.7. The largest absolute Gasteiger partial charge is 0.366 e. The Bertz CT molecular complexity index is 920. The molecule has 0 atom stereocenters. The molecule has 0 aliphatic heterocycles. The van der Waals surface area contributed by atoms with Crippen LogP contribution < -0.4 is 16.4 Å². The summed E-state index contributed by atoms with van der Waals surface area (Å²) in [5.74, 6) is 0.645. The predicted octanol–water partition coefficient (Wildman–Crippen LogP) is 4.29. The van der Waals surface area contributed by atoms with Crippen LogP contribution in [0.25, 0.3) is 0 Å². The van der Waals surface area contributed by atoms with Crippen LogP contribution in [0.15, 0.2) is 89.9 Å². The molecular weight excluding hydrogens is 499 g/mol. The molecule has 0 aliphatic rings. The minimum Gasteiger partial charge on any atom is -0.366 e. The quantitative estimate of drug-likeness (QED) is 0.232. The third kappa shape index (κ3) is 7.40. The summed E-state index contributed by atoms with van der Waals surface area (Å²) in [5, 5.41) is 6.71. The van der Waals surface area contributed by atoms with Gasteiger partial charge in [-0.05, 0) is 35.2 Å². The van der Waals surface area contributed by atoms with E-state index in [9.17, 15) is 4.79 Å². The summed E-state index contributed by atoms with van der Waals surface area (Å²) in [6.07, 6.45) is 0.946. The molecule has 3 aromatic rings. The van der Waals surface area contributed by atoms with Crippen molar-refractivity contribution in [3.63, 3.8) is 0 Å². The van der Waals surface area contributed by atoms with Gasteiger partial charge in [0, 0.05) is 31.6 Å². The number of halogens is 1. The fourth-order valence-electron chi connectivity index (χ4n) is 3.42. The molecule has 6 heteroatoms. The summed E-state index contributed by atoms with van der Waals surface area (Å²) in [4.78, 5) is 15.5. The molecule has 0 heterocycles. The molecule has 0 aromatic heterocycles. The highest BCUT2D eigenvalue weighted by molar-refractivity contribution is 14.0. The lowest BCUT2D eigenvalue weighted by Crippen LogP contribution is -2.37. The average molecular weight is 528 g/mol. The third-order valence-corrected chi connectivity index (χ3v) is 5.05. The van der Waals surface area contributed by atoms with Crippen LogP contribution in [0.1, 0.15) is 39.4 Å². The molecule has 0 aliphatic carbocycles. The Balaban J connectivity index is 0.00000341. The van der Waals surface area contributed by atoms with Crippen molar-refractivity contribution in [1.82, 2.24) is 10.6 Å². The van der Waals surface area contributed by atoms with E-state index < -0.39 is 5.91 Å². The topological polar surface area (TPSA) is 79.5 Å². The molecule has 0 saturated heterocycles. The van der Waals surface area contributed by atoms with Crippen LogP contribution in [0.4, 0.5) is 0 Å². The van der Waals surface area contributed by atoms with Crippen LogP contribution >= 0.6 is 24.0 Å². The predicted molar refractivity (Wildman–Crippen MR) is 138 cm³/mol. The third-order valence-electron chi connectivity index (χ3n) is 5.05. The molecule has 0 fully saturated rings. The van der Waals surface area contributed by atoms with E-state index in [-0.39, 0.29) is 24.0 Å². The summed E-state index contributed by atoms with van der Waals surface area (Å²) in [6, 6.07) is 28.4. The Hall–Kier alpha value is -2.87. The van der Waals surface area contributed by atoms with Gasteiger partial charge in [0.05, 0.1) is 0 Å². The minimum atomic E-state index is -0.418. The molecule has 4 N–H and O–H groups in total. The molecule has 0 bridgehead atoms. The van der Waals surface area contributed by atoms with Crippen LogP contribution in [0, 0.1) is 0 Å². The maximum Gasteiger partial charge on any atom is 0.248 e. The number of nitrogens with two attached hydrogens (primary N) is 1. The smallest absolute Gasteiger partial charge is 0.248 e. The van der Waals surface area contributed by atoms with Gasteiger partial charge in [-0.15, -0.1) is 24.0 Å². The number of aliphatic imine (C=N–C) groups is 1. The summed E-state index contributed by atoms with van der Waals surface area (Å²) in [5.41, 5.74) is 9.46. The van der Waals surface area contributed by atoms with E-state index in [0.717, 1.165) is 24.5 Å². The monoisotopic (exact) mass is 528 g/mol. The Labute approximate surface area is 201 Å². The lowest BCUT2D eigenvalue weighted by molar-refractivity contribution is 0.100. The number of carbonyl (C=O) groups excluding carboxylic acids is 1. The fraction of sp³-hybridized carbons (Fsp3) is 0.200. The second-order valence-electron chi connectivity index (χ2n) is 7.08. The van der Waals surface area contributed by atoms with Crippen molar-refractivity contribution >= 4 is 35.8 Å². The molecule has 162 valence electrons. The second kappa shape index (κ2) is 12.7. The van der Waals surface area contributed by atoms with E-state index in [4.69, 9.17) is 5.73 Å². The SMILES string of the molecule is CN=C(NCCC(c1ccccc1)c1ccccc1)NCc1ccc(C(N)=O)cc1.I. The van der Waals surface area contributed by atoms with Gasteiger partial charge >= 0.3 is 0 Å². The van der Waals surface area contributed by atoms with Gasteiger partial charge in [0.2, 0.25) is 5.91 Å². The van der Waals surface area contributed by atoms with Crippen LogP contribution in [0.3, 0.4) is 0 Å². The average Bonchev–Trinajstić information content (AvgIpc) is 2.80. The Morgan fingerprint density at radius 2 is 1.42 bits per heavy atom. The fourth-order valence-corrected chi connectivity index (χ4v) is 3.42. The van der Waals surface area contributed by atoms with Gasteiger partial charge in [0.15, 0.2) is 5.96 Å². The Morgan fingerprint density at radius 1 is 0.871 bits per heavy atom. The van der Waals surface area contributed by atoms with E-state index in [1.807, 2.05) is 24.3 Å². The molecule has 31 heavy (non-hydrogen) atoms. The van der Waals surface area contributed by atoms with Gasteiger partial charge in [0.1, 0.15) is 0 Å². The minimum absolute atomic E-state index is 0. The van der Waals surface area contributed by atoms with Gasteiger partial charge in [-0.3, -0.25) is 9.79 Å². The first kappa shape index (κ1) is 24.4. The summed E-state index contributed by atoms with van der Waals surface area (Å²) in [7, 11) is 1.76. The lowest BCUT2D eigenvalue weighted by Gasteiger charge is -2.19. The van der Waals surface area contributed by atoms with Crippen molar-refractivity contribution in [3.8, 4) is 0 Å². The standard InChI is InChI=1S/C25H28N4O.HI/c1-27-25(29-18-19-12-14-22(15-13-19)24(26)30)28-17-16-23(20-8-4-2-5-9-20)21-10-6-3-7-11-21;/h2-15,23H,16-18H2,1H3,(H2,26,30)(H2,27,28,29);1H. The van der Waals surface area contributed by atoms with Crippen molar-refractivity contribution in [3.05, 3.63) is 107 Å². The van der Waals surface area contributed by atoms with Crippen molar-refractivity contribution in [2.75, 3.05) is 13.6 Å². The molecule has 3 rings (SSSR count). The van der Waals surface area contributed by atoms with Crippen LogP contribution in [-0.4, -0.2) is 25.5 Å². The summed E-state index contributed by atoms with van der Waals surface area (Å²) in [6.45, 7) is 1.40. The number of guanidine groups is 1. The molecule has 0 spiro atoms. The molecule has 0 unspecified atom stereocenters. The van der Waals surface area contributed by atoms with Crippen molar-refractivity contribution < 1.29 is 4.79 Å². The number of hydrogen-bond acceptors (Lipinski definition) is 2. The van der Waals surface area contributed by atoms with Gasteiger partial charge in [0.25, 0.3) is 0 Å². The van der Waals surface area contributed by atoms with Crippen LogP contribution in [0.5, 0.6) is 0 Å². The number of rotatable bonds is 8. The zero-order valence-corrected chi connectivity index (χ0v) is 20.0. The Morgan fingerprint density at radius 3 is 1.90 bits per heavy atom.